The molecule has 116 valence electrons. The molecule has 1 heterocycles. The van der Waals surface area contributed by atoms with E-state index in [1.807, 2.05) is 6.92 Å². The fourth-order valence-electron chi connectivity index (χ4n) is 2.27. The lowest BCUT2D eigenvalue weighted by atomic mass is 9.95. The molecule has 2 rings (SSSR count). The molecule has 1 unspecified atom stereocenters. The summed E-state index contributed by atoms with van der Waals surface area (Å²) < 4.78 is 0. The summed E-state index contributed by atoms with van der Waals surface area (Å²) in [6.45, 7) is 3.66. The molecule has 4 nitrogen and oxygen atoms in total. The second-order valence-corrected chi connectivity index (χ2v) is 5.73. The van der Waals surface area contributed by atoms with Gasteiger partial charge in [0.05, 0.1) is 6.54 Å². The number of benzene rings is 1. The Kier molecular flexibility index (Phi) is 5.16. The largest absolute Gasteiger partial charge is 0.384 e. The lowest BCUT2D eigenvalue weighted by molar-refractivity contribution is 0.0527. The third-order valence-corrected chi connectivity index (χ3v) is 3.91. The highest BCUT2D eigenvalue weighted by molar-refractivity contribution is 6.31. The van der Waals surface area contributed by atoms with Gasteiger partial charge in [0, 0.05) is 28.5 Å². The van der Waals surface area contributed by atoms with Crippen LogP contribution in [0.4, 0.5) is 0 Å². The molecule has 22 heavy (non-hydrogen) atoms. The number of rotatable bonds is 5. The van der Waals surface area contributed by atoms with Crippen molar-refractivity contribution < 1.29 is 9.90 Å². The van der Waals surface area contributed by atoms with Gasteiger partial charge >= 0.3 is 0 Å². The van der Waals surface area contributed by atoms with E-state index in [1.165, 1.54) is 0 Å². The van der Waals surface area contributed by atoms with Crippen molar-refractivity contribution in [1.82, 2.24) is 10.3 Å². The fraction of sp³-hybridized carbons (Fsp3) is 0.294. The molecule has 0 aliphatic rings. The zero-order valence-electron chi connectivity index (χ0n) is 12.6. The highest BCUT2D eigenvalue weighted by atomic mass is 35.5. The van der Waals surface area contributed by atoms with Crippen molar-refractivity contribution in [1.29, 1.82) is 0 Å². The maximum atomic E-state index is 12.3. The van der Waals surface area contributed by atoms with Gasteiger partial charge in [0.2, 0.25) is 0 Å². The zero-order chi connectivity index (χ0) is 16.2. The van der Waals surface area contributed by atoms with Gasteiger partial charge in [0.25, 0.3) is 5.91 Å². The van der Waals surface area contributed by atoms with Crippen molar-refractivity contribution in [3.63, 3.8) is 0 Å². The number of nitrogens with zero attached hydrogens (tertiary/aromatic N) is 1. The number of amides is 1. The van der Waals surface area contributed by atoms with Crippen LogP contribution in [0.25, 0.3) is 0 Å². The molecule has 2 aromatic rings. The smallest absolute Gasteiger partial charge is 0.251 e. The summed E-state index contributed by atoms with van der Waals surface area (Å²) in [5.41, 5.74) is 0.792. The van der Waals surface area contributed by atoms with Gasteiger partial charge in [-0.25, -0.2) is 0 Å². The van der Waals surface area contributed by atoms with Gasteiger partial charge in [0.1, 0.15) is 5.60 Å². The Morgan fingerprint density at radius 3 is 2.77 bits per heavy atom. The molecule has 1 aromatic carbocycles. The van der Waals surface area contributed by atoms with Crippen molar-refractivity contribution in [2.24, 2.45) is 0 Å². The Morgan fingerprint density at radius 1 is 1.36 bits per heavy atom. The van der Waals surface area contributed by atoms with Crippen LogP contribution >= 0.6 is 11.6 Å². The van der Waals surface area contributed by atoms with Crippen LogP contribution in [0.2, 0.25) is 5.02 Å². The van der Waals surface area contributed by atoms with Gasteiger partial charge < -0.3 is 10.4 Å². The first kappa shape index (κ1) is 16.5. The van der Waals surface area contributed by atoms with Crippen molar-refractivity contribution in [3.8, 4) is 0 Å². The molecule has 5 heteroatoms. The molecule has 0 aliphatic carbocycles. The van der Waals surface area contributed by atoms with Crippen LogP contribution in [0.3, 0.4) is 0 Å². The number of aromatic nitrogens is 1. The Labute approximate surface area is 135 Å². The Morgan fingerprint density at radius 2 is 2.09 bits per heavy atom. The SMILES string of the molecule is CCc1cnccc1C(=O)NCC(C)(O)c1ccccc1Cl. The zero-order valence-corrected chi connectivity index (χ0v) is 13.4. The number of aliphatic hydroxyl groups is 1. The van der Waals surface area contributed by atoms with E-state index < -0.39 is 5.60 Å². The van der Waals surface area contributed by atoms with Crippen molar-refractivity contribution in [3.05, 3.63) is 64.4 Å². The Balaban J connectivity index is 2.12. The van der Waals surface area contributed by atoms with Crippen molar-refractivity contribution >= 4 is 17.5 Å². The van der Waals surface area contributed by atoms with E-state index in [-0.39, 0.29) is 12.5 Å². The first-order chi connectivity index (χ1) is 10.5. The van der Waals surface area contributed by atoms with Gasteiger partial charge in [-0.15, -0.1) is 0 Å². The van der Waals surface area contributed by atoms with E-state index in [4.69, 9.17) is 11.6 Å². The van der Waals surface area contributed by atoms with Crippen molar-refractivity contribution in [2.75, 3.05) is 6.54 Å². The number of aryl methyl sites for hydroxylation is 1. The van der Waals surface area contributed by atoms with Crippen LogP contribution in [0.15, 0.2) is 42.7 Å². The number of hydrogen-bond acceptors (Lipinski definition) is 3. The van der Waals surface area contributed by atoms with E-state index in [0.717, 1.165) is 12.0 Å². The average Bonchev–Trinajstić information content (AvgIpc) is 2.53. The molecule has 2 N–H and O–H groups in total. The first-order valence-electron chi connectivity index (χ1n) is 7.14. The number of carbonyl (C=O) groups excluding carboxylic acids is 1. The normalized spacial score (nSPS) is 13.5. The standard InChI is InChI=1S/C17H19ClN2O2/c1-3-12-10-19-9-8-13(12)16(21)20-11-17(2,22)14-6-4-5-7-15(14)18/h4-10,22H,3,11H2,1-2H3,(H,20,21). The molecule has 0 radical (unpaired) electrons. The second kappa shape index (κ2) is 6.90. The molecule has 0 aliphatic heterocycles. The summed E-state index contributed by atoms with van der Waals surface area (Å²) in [6, 6.07) is 8.74. The maximum Gasteiger partial charge on any atom is 0.251 e. The minimum atomic E-state index is -1.24. The topological polar surface area (TPSA) is 62.2 Å². The predicted octanol–water partition coefficient (Wildman–Crippen LogP) is 2.93. The van der Waals surface area contributed by atoms with E-state index in [2.05, 4.69) is 10.3 Å². The second-order valence-electron chi connectivity index (χ2n) is 5.32. The van der Waals surface area contributed by atoms with Gasteiger partial charge in [0.15, 0.2) is 0 Å². The molecule has 1 aromatic heterocycles. The maximum absolute atomic E-state index is 12.3. The lowest BCUT2D eigenvalue weighted by Gasteiger charge is -2.25. The molecular weight excluding hydrogens is 300 g/mol. The molecule has 0 bridgehead atoms. The number of carbonyl (C=O) groups is 1. The summed E-state index contributed by atoms with van der Waals surface area (Å²) in [7, 11) is 0. The average molecular weight is 319 g/mol. The molecule has 1 amide bonds. The van der Waals surface area contributed by atoms with E-state index in [0.29, 0.717) is 16.1 Å². The monoisotopic (exact) mass is 318 g/mol. The number of halogens is 1. The molecule has 0 saturated heterocycles. The molecule has 0 spiro atoms. The molecule has 1 atom stereocenters. The van der Waals surface area contributed by atoms with Gasteiger partial charge in [-0.1, -0.05) is 36.7 Å². The summed E-state index contributed by atoms with van der Waals surface area (Å²) in [4.78, 5) is 16.3. The Hall–Kier alpha value is -1.91. The summed E-state index contributed by atoms with van der Waals surface area (Å²) in [6.07, 6.45) is 3.99. The minimum absolute atomic E-state index is 0.0705. The third-order valence-electron chi connectivity index (χ3n) is 3.58. The van der Waals surface area contributed by atoms with E-state index in [1.54, 1.807) is 49.6 Å². The van der Waals surface area contributed by atoms with Gasteiger partial charge in [-0.2, -0.15) is 0 Å². The van der Waals surface area contributed by atoms with Gasteiger partial charge in [-0.3, -0.25) is 9.78 Å². The fourth-order valence-corrected chi connectivity index (χ4v) is 2.61. The quantitative estimate of drug-likeness (QED) is 0.891. The van der Waals surface area contributed by atoms with Crippen LogP contribution < -0.4 is 5.32 Å². The highest BCUT2D eigenvalue weighted by Gasteiger charge is 2.26. The summed E-state index contributed by atoms with van der Waals surface area (Å²) in [5.74, 6) is -0.230. The Bertz CT molecular complexity index is 671. The van der Waals surface area contributed by atoms with E-state index in [9.17, 15) is 9.90 Å². The first-order valence-corrected chi connectivity index (χ1v) is 7.52. The number of nitrogens with one attached hydrogen (secondary N) is 1. The molecular formula is C17H19ClN2O2. The number of pyridine rings is 1. The van der Waals surface area contributed by atoms with Crippen LogP contribution in [0.5, 0.6) is 0 Å². The van der Waals surface area contributed by atoms with Crippen LogP contribution in [0.1, 0.15) is 35.3 Å². The van der Waals surface area contributed by atoms with Crippen molar-refractivity contribution in [2.45, 2.75) is 25.9 Å². The molecule has 0 fully saturated rings. The molecule has 0 saturated carbocycles. The van der Waals surface area contributed by atoms with E-state index >= 15 is 0 Å². The predicted molar refractivity (Wildman–Crippen MR) is 87.0 cm³/mol. The van der Waals surface area contributed by atoms with Gasteiger partial charge in [-0.05, 0) is 31.0 Å². The minimum Gasteiger partial charge on any atom is -0.384 e. The third kappa shape index (κ3) is 3.64. The number of hydrogen-bond donors (Lipinski definition) is 2. The van der Waals surface area contributed by atoms with Crippen LogP contribution in [0, 0.1) is 0 Å². The highest BCUT2D eigenvalue weighted by Crippen LogP contribution is 2.27. The van der Waals surface area contributed by atoms with Crippen LogP contribution in [-0.2, 0) is 12.0 Å². The summed E-state index contributed by atoms with van der Waals surface area (Å²) in [5, 5.41) is 13.8. The lowest BCUT2D eigenvalue weighted by Crippen LogP contribution is -2.39. The van der Waals surface area contributed by atoms with Crippen LogP contribution in [-0.4, -0.2) is 22.5 Å². The summed E-state index contributed by atoms with van der Waals surface area (Å²) >= 11 is 6.11.